The van der Waals surface area contributed by atoms with E-state index in [1.165, 1.54) is 5.69 Å². The fourth-order valence-electron chi connectivity index (χ4n) is 1.35. The Morgan fingerprint density at radius 1 is 1.43 bits per heavy atom. The SMILES string of the molecule is CC(C)NCc1cnc(Br)n1C(C)C. The first-order valence-corrected chi connectivity index (χ1v) is 5.76. The molecule has 0 saturated heterocycles. The van der Waals surface area contributed by atoms with Crippen molar-refractivity contribution in [1.29, 1.82) is 0 Å². The quantitative estimate of drug-likeness (QED) is 0.902. The highest BCUT2D eigenvalue weighted by Gasteiger charge is 2.10. The van der Waals surface area contributed by atoms with Gasteiger partial charge in [0.25, 0.3) is 0 Å². The second-order valence-corrected chi connectivity index (χ2v) is 4.73. The minimum absolute atomic E-state index is 0.441. The lowest BCUT2D eigenvalue weighted by molar-refractivity contribution is 0.518. The summed E-state index contributed by atoms with van der Waals surface area (Å²) in [6, 6.07) is 0.945. The van der Waals surface area contributed by atoms with Crippen LogP contribution in [0, 0.1) is 0 Å². The summed E-state index contributed by atoms with van der Waals surface area (Å²) in [5.41, 5.74) is 1.22. The van der Waals surface area contributed by atoms with Crippen LogP contribution in [0.2, 0.25) is 0 Å². The molecule has 0 radical (unpaired) electrons. The third-order valence-electron chi connectivity index (χ3n) is 2.04. The molecule has 0 aliphatic heterocycles. The van der Waals surface area contributed by atoms with Gasteiger partial charge in [-0.1, -0.05) is 13.8 Å². The molecule has 0 bridgehead atoms. The van der Waals surface area contributed by atoms with Gasteiger partial charge < -0.3 is 9.88 Å². The van der Waals surface area contributed by atoms with Crippen molar-refractivity contribution in [3.05, 3.63) is 16.6 Å². The molecule has 1 N–H and O–H groups in total. The Morgan fingerprint density at radius 2 is 2.07 bits per heavy atom. The Balaban J connectivity index is 2.76. The summed E-state index contributed by atoms with van der Waals surface area (Å²) in [4.78, 5) is 4.26. The van der Waals surface area contributed by atoms with Crippen molar-refractivity contribution in [2.24, 2.45) is 0 Å². The minimum Gasteiger partial charge on any atom is -0.319 e. The molecule has 0 amide bonds. The van der Waals surface area contributed by atoms with E-state index in [4.69, 9.17) is 0 Å². The standard InChI is InChI=1S/C10H18BrN3/c1-7(2)12-5-9-6-13-10(11)14(9)8(3)4/h6-8,12H,5H2,1-4H3. The number of imidazole rings is 1. The highest BCUT2D eigenvalue weighted by atomic mass is 79.9. The number of hydrogen-bond donors (Lipinski definition) is 1. The third kappa shape index (κ3) is 2.82. The number of aromatic nitrogens is 2. The van der Waals surface area contributed by atoms with Crippen LogP contribution in [0.15, 0.2) is 10.9 Å². The summed E-state index contributed by atoms with van der Waals surface area (Å²) >= 11 is 3.45. The van der Waals surface area contributed by atoms with Crippen molar-refractivity contribution in [3.8, 4) is 0 Å². The topological polar surface area (TPSA) is 29.9 Å². The number of nitrogens with zero attached hydrogens (tertiary/aromatic N) is 2. The van der Waals surface area contributed by atoms with Crippen LogP contribution in [-0.2, 0) is 6.54 Å². The first-order chi connectivity index (χ1) is 6.52. The maximum absolute atomic E-state index is 4.26. The normalized spacial score (nSPS) is 11.6. The Hall–Kier alpha value is -0.350. The lowest BCUT2D eigenvalue weighted by atomic mass is 10.3. The molecular weight excluding hydrogens is 242 g/mol. The molecule has 80 valence electrons. The molecule has 0 atom stereocenters. The van der Waals surface area contributed by atoms with Gasteiger partial charge >= 0.3 is 0 Å². The van der Waals surface area contributed by atoms with Gasteiger partial charge in [0.05, 0.1) is 11.9 Å². The largest absolute Gasteiger partial charge is 0.319 e. The van der Waals surface area contributed by atoms with Crippen LogP contribution < -0.4 is 5.32 Å². The van der Waals surface area contributed by atoms with Gasteiger partial charge in [0.1, 0.15) is 0 Å². The van der Waals surface area contributed by atoms with Crippen LogP contribution >= 0.6 is 15.9 Å². The van der Waals surface area contributed by atoms with E-state index in [1.54, 1.807) is 0 Å². The molecule has 1 rings (SSSR count). The van der Waals surface area contributed by atoms with Gasteiger partial charge in [-0.2, -0.15) is 0 Å². The zero-order valence-electron chi connectivity index (χ0n) is 9.21. The lowest BCUT2D eigenvalue weighted by Gasteiger charge is -2.14. The lowest BCUT2D eigenvalue weighted by Crippen LogP contribution is -2.23. The zero-order valence-corrected chi connectivity index (χ0v) is 10.8. The van der Waals surface area contributed by atoms with Crippen molar-refractivity contribution < 1.29 is 0 Å². The molecule has 0 aliphatic rings. The maximum Gasteiger partial charge on any atom is 0.177 e. The first kappa shape index (κ1) is 11.7. The molecule has 1 aromatic heterocycles. The van der Waals surface area contributed by atoms with Crippen molar-refractivity contribution in [2.45, 2.75) is 46.3 Å². The molecule has 4 heteroatoms. The second kappa shape index (κ2) is 4.94. The van der Waals surface area contributed by atoms with Gasteiger partial charge in [0.15, 0.2) is 4.73 Å². The molecule has 0 fully saturated rings. The minimum atomic E-state index is 0.441. The average Bonchev–Trinajstić information content (AvgIpc) is 2.43. The summed E-state index contributed by atoms with van der Waals surface area (Å²) < 4.78 is 3.10. The highest BCUT2D eigenvalue weighted by Crippen LogP contribution is 2.18. The monoisotopic (exact) mass is 259 g/mol. The van der Waals surface area contributed by atoms with Crippen molar-refractivity contribution in [1.82, 2.24) is 14.9 Å². The average molecular weight is 260 g/mol. The van der Waals surface area contributed by atoms with E-state index in [0.717, 1.165) is 11.3 Å². The van der Waals surface area contributed by atoms with Crippen molar-refractivity contribution in [3.63, 3.8) is 0 Å². The number of hydrogen-bond acceptors (Lipinski definition) is 2. The predicted octanol–water partition coefficient (Wildman–Crippen LogP) is 2.72. The Labute approximate surface area is 94.0 Å². The van der Waals surface area contributed by atoms with E-state index >= 15 is 0 Å². The number of rotatable bonds is 4. The molecule has 1 heterocycles. The Kier molecular flexibility index (Phi) is 4.13. The van der Waals surface area contributed by atoms with Gasteiger partial charge in [0.2, 0.25) is 0 Å². The van der Waals surface area contributed by atoms with Crippen LogP contribution in [-0.4, -0.2) is 15.6 Å². The van der Waals surface area contributed by atoms with E-state index < -0.39 is 0 Å². The highest BCUT2D eigenvalue weighted by molar-refractivity contribution is 9.10. The molecule has 0 saturated carbocycles. The van der Waals surface area contributed by atoms with E-state index in [-0.39, 0.29) is 0 Å². The van der Waals surface area contributed by atoms with Crippen LogP contribution in [0.3, 0.4) is 0 Å². The summed E-state index contributed by atoms with van der Waals surface area (Å²) in [6.07, 6.45) is 1.92. The smallest absolute Gasteiger partial charge is 0.177 e. The van der Waals surface area contributed by atoms with Gasteiger partial charge in [-0.25, -0.2) is 4.98 Å². The molecular formula is C10H18BrN3. The van der Waals surface area contributed by atoms with Crippen molar-refractivity contribution in [2.75, 3.05) is 0 Å². The van der Waals surface area contributed by atoms with E-state index in [1.807, 2.05) is 6.20 Å². The zero-order chi connectivity index (χ0) is 10.7. The number of nitrogens with one attached hydrogen (secondary N) is 1. The molecule has 0 unspecified atom stereocenters. The molecule has 3 nitrogen and oxygen atoms in total. The fourth-order valence-corrected chi connectivity index (χ4v) is 2.09. The van der Waals surface area contributed by atoms with Gasteiger partial charge in [0, 0.05) is 18.6 Å². The summed E-state index contributed by atoms with van der Waals surface area (Å²) in [5.74, 6) is 0. The number of halogens is 1. The van der Waals surface area contributed by atoms with Crippen LogP contribution in [0.25, 0.3) is 0 Å². The van der Waals surface area contributed by atoms with E-state index in [2.05, 4.69) is 58.5 Å². The first-order valence-electron chi connectivity index (χ1n) is 4.97. The molecule has 0 aromatic carbocycles. The van der Waals surface area contributed by atoms with E-state index in [9.17, 15) is 0 Å². The summed E-state index contributed by atoms with van der Waals surface area (Å²) in [5, 5.41) is 3.39. The maximum atomic E-state index is 4.26. The Bertz CT molecular complexity index is 292. The van der Waals surface area contributed by atoms with Crippen LogP contribution in [0.5, 0.6) is 0 Å². The van der Waals surface area contributed by atoms with E-state index in [0.29, 0.717) is 12.1 Å². The molecule has 14 heavy (non-hydrogen) atoms. The Morgan fingerprint density at radius 3 is 2.57 bits per heavy atom. The molecule has 1 aromatic rings. The molecule has 0 spiro atoms. The van der Waals surface area contributed by atoms with Gasteiger partial charge in [-0.05, 0) is 29.8 Å². The van der Waals surface area contributed by atoms with Gasteiger partial charge in [-0.15, -0.1) is 0 Å². The van der Waals surface area contributed by atoms with Gasteiger partial charge in [-0.3, -0.25) is 0 Å². The van der Waals surface area contributed by atoms with Crippen LogP contribution in [0.4, 0.5) is 0 Å². The fraction of sp³-hybridized carbons (Fsp3) is 0.700. The van der Waals surface area contributed by atoms with Crippen LogP contribution in [0.1, 0.15) is 39.4 Å². The summed E-state index contributed by atoms with van der Waals surface area (Å²) in [6.45, 7) is 9.47. The third-order valence-corrected chi connectivity index (χ3v) is 2.62. The van der Waals surface area contributed by atoms with Crippen molar-refractivity contribution >= 4 is 15.9 Å². The second-order valence-electron chi connectivity index (χ2n) is 4.02. The molecule has 0 aliphatic carbocycles. The predicted molar refractivity (Wildman–Crippen MR) is 62.3 cm³/mol. The summed E-state index contributed by atoms with van der Waals surface area (Å²) in [7, 11) is 0.